The Kier molecular flexibility index (Phi) is 11.3. The van der Waals surface area contributed by atoms with Crippen LogP contribution in [0.15, 0.2) is 17.6 Å². The second-order valence-corrected chi connectivity index (χ2v) is 5.43. The van der Waals surface area contributed by atoms with Crippen LogP contribution in [0.25, 0.3) is 0 Å². The minimum atomic E-state index is -0.00856. The molecule has 1 aliphatic heterocycles. The summed E-state index contributed by atoms with van der Waals surface area (Å²) in [5, 5.41) is 6.49. The van der Waals surface area contributed by atoms with Crippen LogP contribution in [0.5, 0.6) is 0 Å². The average Bonchev–Trinajstić information content (AvgIpc) is 2.93. The zero-order chi connectivity index (χ0) is 15.7. The molecule has 1 atom stereocenters. The van der Waals surface area contributed by atoms with Crippen molar-refractivity contribution >= 4 is 35.8 Å². The first-order chi connectivity index (χ1) is 10.1. The van der Waals surface area contributed by atoms with Gasteiger partial charge in [0.1, 0.15) is 6.54 Å². The highest BCUT2D eigenvalue weighted by Gasteiger charge is 2.22. The summed E-state index contributed by atoms with van der Waals surface area (Å²) in [4.78, 5) is 20.0. The Morgan fingerprint density at radius 1 is 1.45 bits per heavy atom. The van der Waals surface area contributed by atoms with E-state index < -0.39 is 0 Å². The zero-order valence-corrected chi connectivity index (χ0v) is 16.3. The van der Waals surface area contributed by atoms with Gasteiger partial charge in [-0.05, 0) is 25.9 Å². The molecular weight excluding hydrogens is 393 g/mol. The summed E-state index contributed by atoms with van der Waals surface area (Å²) < 4.78 is 0. The van der Waals surface area contributed by atoms with Crippen molar-refractivity contribution in [2.45, 2.75) is 25.8 Å². The third kappa shape index (κ3) is 7.44. The van der Waals surface area contributed by atoms with E-state index in [1.165, 1.54) is 19.4 Å². The van der Waals surface area contributed by atoms with Gasteiger partial charge in [0.15, 0.2) is 5.96 Å². The van der Waals surface area contributed by atoms with Crippen molar-refractivity contribution < 1.29 is 4.79 Å². The number of hydrogen-bond acceptors (Lipinski definition) is 3. The lowest BCUT2D eigenvalue weighted by atomic mass is 10.2. The molecule has 1 heterocycles. The van der Waals surface area contributed by atoms with Crippen LogP contribution < -0.4 is 10.6 Å². The number of amides is 1. The van der Waals surface area contributed by atoms with E-state index in [0.29, 0.717) is 18.5 Å². The first-order valence-corrected chi connectivity index (χ1v) is 7.65. The Morgan fingerprint density at radius 3 is 2.77 bits per heavy atom. The topological polar surface area (TPSA) is 60.0 Å². The van der Waals surface area contributed by atoms with E-state index in [1.807, 2.05) is 0 Å². The largest absolute Gasteiger partial charge is 0.355 e. The number of hydrogen-bond donors (Lipinski definition) is 2. The standard InChI is InChI=1S/C15H29N5O.HI/c1-5-9-16-15(18-12-14(21)19(3)4)17-11-13-8-7-10-20(13)6-2;/h5,13H,1,6-12H2,2-4H3,(H2,16,17,18);1H. The van der Waals surface area contributed by atoms with Gasteiger partial charge in [0, 0.05) is 33.2 Å². The highest BCUT2D eigenvalue weighted by atomic mass is 127. The second kappa shape index (κ2) is 11.7. The third-order valence-corrected chi connectivity index (χ3v) is 3.70. The number of aliphatic imine (C=N–C) groups is 1. The van der Waals surface area contributed by atoms with Gasteiger partial charge in [-0.3, -0.25) is 9.69 Å². The Hall–Kier alpha value is -0.830. The molecule has 0 aliphatic carbocycles. The highest BCUT2D eigenvalue weighted by molar-refractivity contribution is 14.0. The Morgan fingerprint density at radius 2 is 2.18 bits per heavy atom. The van der Waals surface area contributed by atoms with Crippen molar-refractivity contribution in [1.29, 1.82) is 0 Å². The van der Waals surface area contributed by atoms with Crippen molar-refractivity contribution in [3.8, 4) is 0 Å². The minimum absolute atomic E-state index is 0. The highest BCUT2D eigenvalue weighted by Crippen LogP contribution is 2.15. The predicted molar refractivity (Wildman–Crippen MR) is 103 cm³/mol. The molecule has 1 unspecified atom stereocenters. The molecule has 0 aromatic carbocycles. The normalized spacial score (nSPS) is 18.5. The van der Waals surface area contributed by atoms with Gasteiger partial charge in [-0.15, -0.1) is 30.6 Å². The number of guanidine groups is 1. The minimum Gasteiger partial charge on any atom is -0.355 e. The van der Waals surface area contributed by atoms with Gasteiger partial charge in [-0.25, -0.2) is 4.99 Å². The average molecular weight is 423 g/mol. The van der Waals surface area contributed by atoms with Crippen LogP contribution in [0.1, 0.15) is 19.8 Å². The number of likely N-dealkylation sites (tertiary alicyclic amines) is 1. The third-order valence-electron chi connectivity index (χ3n) is 3.70. The number of carbonyl (C=O) groups excluding carboxylic acids is 1. The molecule has 1 rings (SSSR count). The van der Waals surface area contributed by atoms with Gasteiger partial charge in [0.25, 0.3) is 0 Å². The maximum atomic E-state index is 11.6. The zero-order valence-electron chi connectivity index (χ0n) is 14.0. The SMILES string of the molecule is C=CCNC(=NCC(=O)N(C)C)NCC1CCCN1CC.I. The molecule has 0 saturated carbocycles. The summed E-state index contributed by atoms with van der Waals surface area (Å²) in [6, 6.07) is 0.551. The lowest BCUT2D eigenvalue weighted by Crippen LogP contribution is -2.45. The summed E-state index contributed by atoms with van der Waals surface area (Å²) in [6.07, 6.45) is 4.25. The molecule has 6 nitrogen and oxygen atoms in total. The monoisotopic (exact) mass is 423 g/mol. The van der Waals surface area contributed by atoms with Crippen LogP contribution in [0, 0.1) is 0 Å². The van der Waals surface area contributed by atoms with E-state index >= 15 is 0 Å². The van der Waals surface area contributed by atoms with Crippen molar-refractivity contribution in [3.05, 3.63) is 12.7 Å². The van der Waals surface area contributed by atoms with Crippen LogP contribution in [0.2, 0.25) is 0 Å². The fraction of sp³-hybridized carbons (Fsp3) is 0.733. The molecule has 0 bridgehead atoms. The number of carbonyl (C=O) groups is 1. The molecule has 0 spiro atoms. The van der Waals surface area contributed by atoms with Crippen molar-refractivity contribution in [2.24, 2.45) is 4.99 Å². The fourth-order valence-corrected chi connectivity index (χ4v) is 2.39. The molecule has 2 N–H and O–H groups in total. The summed E-state index contributed by atoms with van der Waals surface area (Å²) >= 11 is 0. The van der Waals surface area contributed by atoms with Crippen LogP contribution in [0.3, 0.4) is 0 Å². The molecule has 22 heavy (non-hydrogen) atoms. The number of rotatable bonds is 7. The molecule has 0 aromatic rings. The molecule has 1 saturated heterocycles. The van der Waals surface area contributed by atoms with Gasteiger partial charge in [-0.2, -0.15) is 0 Å². The van der Waals surface area contributed by atoms with E-state index in [0.717, 1.165) is 13.1 Å². The molecular formula is C15H30IN5O. The van der Waals surface area contributed by atoms with Crippen LogP contribution >= 0.6 is 24.0 Å². The molecule has 128 valence electrons. The molecule has 1 amide bonds. The summed E-state index contributed by atoms with van der Waals surface area (Å²) in [7, 11) is 3.47. The lowest BCUT2D eigenvalue weighted by molar-refractivity contribution is -0.127. The van der Waals surface area contributed by atoms with E-state index in [4.69, 9.17) is 0 Å². The van der Waals surface area contributed by atoms with Gasteiger partial charge < -0.3 is 15.5 Å². The summed E-state index contributed by atoms with van der Waals surface area (Å²) in [6.45, 7) is 9.78. The number of halogens is 1. The molecule has 1 aliphatic rings. The van der Waals surface area contributed by atoms with E-state index in [2.05, 4.69) is 34.0 Å². The Balaban J connectivity index is 0.00000441. The predicted octanol–water partition coefficient (Wildman–Crippen LogP) is 0.898. The van der Waals surface area contributed by atoms with Gasteiger partial charge >= 0.3 is 0 Å². The number of likely N-dealkylation sites (N-methyl/N-ethyl adjacent to an activating group) is 2. The van der Waals surface area contributed by atoms with E-state index in [1.54, 1.807) is 25.1 Å². The first-order valence-electron chi connectivity index (χ1n) is 7.65. The van der Waals surface area contributed by atoms with E-state index in [9.17, 15) is 4.79 Å². The number of nitrogens with one attached hydrogen (secondary N) is 2. The summed E-state index contributed by atoms with van der Waals surface area (Å²) in [5.74, 6) is 0.666. The van der Waals surface area contributed by atoms with Crippen molar-refractivity contribution in [3.63, 3.8) is 0 Å². The van der Waals surface area contributed by atoms with Crippen molar-refractivity contribution in [2.75, 3.05) is 46.8 Å². The van der Waals surface area contributed by atoms with Crippen LogP contribution in [0.4, 0.5) is 0 Å². The van der Waals surface area contributed by atoms with Gasteiger partial charge in [0.2, 0.25) is 5.91 Å². The van der Waals surface area contributed by atoms with Gasteiger partial charge in [-0.1, -0.05) is 13.0 Å². The first kappa shape index (κ1) is 21.2. The van der Waals surface area contributed by atoms with Crippen LogP contribution in [-0.4, -0.2) is 74.5 Å². The smallest absolute Gasteiger partial charge is 0.243 e. The van der Waals surface area contributed by atoms with E-state index in [-0.39, 0.29) is 36.4 Å². The molecule has 7 heteroatoms. The quantitative estimate of drug-likeness (QED) is 0.277. The van der Waals surface area contributed by atoms with Crippen LogP contribution in [-0.2, 0) is 4.79 Å². The van der Waals surface area contributed by atoms with Gasteiger partial charge in [0.05, 0.1) is 0 Å². The maximum Gasteiger partial charge on any atom is 0.243 e. The fourth-order valence-electron chi connectivity index (χ4n) is 2.39. The number of nitrogens with zero attached hydrogens (tertiary/aromatic N) is 3. The maximum absolute atomic E-state index is 11.6. The Labute approximate surface area is 151 Å². The summed E-state index contributed by atoms with van der Waals surface area (Å²) in [5.41, 5.74) is 0. The lowest BCUT2D eigenvalue weighted by Gasteiger charge is -2.24. The van der Waals surface area contributed by atoms with Crippen molar-refractivity contribution in [1.82, 2.24) is 20.4 Å². The molecule has 1 fully saturated rings. The molecule has 0 aromatic heterocycles. The second-order valence-electron chi connectivity index (χ2n) is 5.43. The molecule has 0 radical (unpaired) electrons. The Bertz CT molecular complexity index is 373.